The van der Waals surface area contributed by atoms with Crippen molar-refractivity contribution in [2.75, 3.05) is 0 Å². The summed E-state index contributed by atoms with van der Waals surface area (Å²) in [6.07, 6.45) is 1.46. The van der Waals surface area contributed by atoms with Gasteiger partial charge in [0.25, 0.3) is 0 Å². The molecule has 1 unspecified atom stereocenters. The van der Waals surface area contributed by atoms with E-state index in [0.717, 1.165) is 25.0 Å². The molecule has 0 heterocycles. The molecule has 1 aliphatic carbocycles. The quantitative estimate of drug-likeness (QED) is 0.910. The molecule has 4 nitrogen and oxygen atoms in total. The molecule has 0 aliphatic heterocycles. The maximum atomic E-state index is 13.2. The van der Waals surface area contributed by atoms with Gasteiger partial charge in [0.05, 0.1) is 0 Å². The Bertz CT molecular complexity index is 529. The Labute approximate surface area is 108 Å². The monoisotopic (exact) mass is 269 g/mol. The van der Waals surface area contributed by atoms with Crippen molar-refractivity contribution in [1.82, 2.24) is 4.90 Å². The van der Waals surface area contributed by atoms with Crippen LogP contribution < -0.4 is 0 Å². The number of hydrogen-bond acceptors (Lipinski definition) is 2. The van der Waals surface area contributed by atoms with Gasteiger partial charge < -0.3 is 10.0 Å². The molecule has 102 valence electrons. The smallest absolute Gasteiger partial charge is 0.331 e. The molecule has 1 N–H and O–H groups in total. The first-order chi connectivity index (χ1) is 8.91. The van der Waals surface area contributed by atoms with Crippen LogP contribution in [0, 0.1) is 11.6 Å². The number of hydrogen-bond donors (Lipinski definition) is 1. The lowest BCUT2D eigenvalue weighted by molar-refractivity contribution is -0.150. The lowest BCUT2D eigenvalue weighted by atomic mass is 10.0. The summed E-state index contributed by atoms with van der Waals surface area (Å²) >= 11 is 0. The SMILES string of the molecule is CC(=O)N(C1CC1)C(C(=O)O)c1ccc(F)c(F)c1. The average molecular weight is 269 g/mol. The number of aliphatic carboxylic acids is 1. The van der Waals surface area contributed by atoms with Crippen LogP contribution in [0.3, 0.4) is 0 Å². The molecule has 19 heavy (non-hydrogen) atoms. The third kappa shape index (κ3) is 2.72. The summed E-state index contributed by atoms with van der Waals surface area (Å²) < 4.78 is 26.1. The number of carbonyl (C=O) groups excluding carboxylic acids is 1. The predicted molar refractivity (Wildman–Crippen MR) is 62.3 cm³/mol. The van der Waals surface area contributed by atoms with E-state index in [9.17, 15) is 23.5 Å². The summed E-state index contributed by atoms with van der Waals surface area (Å²) in [6, 6.07) is 1.47. The van der Waals surface area contributed by atoms with E-state index in [1.165, 1.54) is 17.9 Å². The molecule has 2 rings (SSSR count). The maximum absolute atomic E-state index is 13.2. The number of amides is 1. The van der Waals surface area contributed by atoms with Crippen molar-refractivity contribution in [1.29, 1.82) is 0 Å². The van der Waals surface area contributed by atoms with Crippen molar-refractivity contribution in [3.8, 4) is 0 Å². The fraction of sp³-hybridized carbons (Fsp3) is 0.385. The van der Waals surface area contributed by atoms with Crippen molar-refractivity contribution >= 4 is 11.9 Å². The van der Waals surface area contributed by atoms with Crippen LogP contribution in [0.15, 0.2) is 18.2 Å². The second-order valence-electron chi connectivity index (χ2n) is 4.57. The number of nitrogens with zero attached hydrogens (tertiary/aromatic N) is 1. The van der Waals surface area contributed by atoms with Gasteiger partial charge in [0.2, 0.25) is 5.91 Å². The van der Waals surface area contributed by atoms with Gasteiger partial charge in [-0.25, -0.2) is 13.6 Å². The Balaban J connectivity index is 2.41. The van der Waals surface area contributed by atoms with Gasteiger partial charge in [-0.05, 0) is 30.5 Å². The topological polar surface area (TPSA) is 57.6 Å². The van der Waals surface area contributed by atoms with Gasteiger partial charge in [-0.2, -0.15) is 0 Å². The van der Waals surface area contributed by atoms with Crippen LogP contribution in [0.1, 0.15) is 31.4 Å². The van der Waals surface area contributed by atoms with Crippen LogP contribution in [0.25, 0.3) is 0 Å². The second-order valence-corrected chi connectivity index (χ2v) is 4.57. The Morgan fingerprint density at radius 1 is 1.32 bits per heavy atom. The molecule has 6 heteroatoms. The first-order valence-corrected chi connectivity index (χ1v) is 5.88. The first kappa shape index (κ1) is 13.5. The van der Waals surface area contributed by atoms with Crippen molar-refractivity contribution in [2.45, 2.75) is 31.8 Å². The lowest BCUT2D eigenvalue weighted by Crippen LogP contribution is -2.39. The third-order valence-electron chi connectivity index (χ3n) is 3.08. The average Bonchev–Trinajstić information content (AvgIpc) is 3.12. The number of halogens is 2. The fourth-order valence-electron chi connectivity index (χ4n) is 2.11. The fourth-order valence-corrected chi connectivity index (χ4v) is 2.11. The van der Waals surface area contributed by atoms with Crippen molar-refractivity contribution < 1.29 is 23.5 Å². The zero-order chi connectivity index (χ0) is 14.2. The third-order valence-corrected chi connectivity index (χ3v) is 3.08. The lowest BCUT2D eigenvalue weighted by Gasteiger charge is -2.28. The summed E-state index contributed by atoms with van der Waals surface area (Å²) in [5.41, 5.74) is 0.0634. The summed E-state index contributed by atoms with van der Waals surface area (Å²) in [5, 5.41) is 9.27. The minimum absolute atomic E-state index is 0.0634. The summed E-state index contributed by atoms with van der Waals surface area (Å²) in [6.45, 7) is 1.27. The molecule has 1 aromatic carbocycles. The first-order valence-electron chi connectivity index (χ1n) is 5.88. The molecular formula is C13H13F2NO3. The standard InChI is InChI=1S/C13H13F2NO3/c1-7(17)16(9-3-4-9)12(13(18)19)8-2-5-10(14)11(15)6-8/h2,5-6,9,12H,3-4H2,1H3,(H,18,19). The van der Waals surface area contributed by atoms with E-state index >= 15 is 0 Å². The highest BCUT2D eigenvalue weighted by Crippen LogP contribution is 2.35. The normalized spacial score (nSPS) is 15.9. The molecule has 0 spiro atoms. The number of carbonyl (C=O) groups is 2. The van der Waals surface area contributed by atoms with Crippen LogP contribution >= 0.6 is 0 Å². The van der Waals surface area contributed by atoms with Crippen LogP contribution in [-0.4, -0.2) is 27.9 Å². The Morgan fingerprint density at radius 3 is 2.37 bits per heavy atom. The molecule has 0 radical (unpaired) electrons. The highest BCUT2D eigenvalue weighted by atomic mass is 19.2. The zero-order valence-electron chi connectivity index (χ0n) is 10.3. The summed E-state index contributed by atoms with van der Waals surface area (Å²) in [7, 11) is 0. The van der Waals surface area contributed by atoms with Crippen molar-refractivity contribution in [3.63, 3.8) is 0 Å². The van der Waals surface area contributed by atoms with Crippen LogP contribution in [-0.2, 0) is 9.59 Å². The molecule has 0 aromatic heterocycles. The van der Waals surface area contributed by atoms with Crippen molar-refractivity contribution in [2.24, 2.45) is 0 Å². The predicted octanol–water partition coefficient (Wildman–Crippen LogP) is 2.10. The van der Waals surface area contributed by atoms with E-state index in [0.29, 0.717) is 0 Å². The van der Waals surface area contributed by atoms with Gasteiger partial charge in [-0.15, -0.1) is 0 Å². The minimum Gasteiger partial charge on any atom is -0.479 e. The summed E-state index contributed by atoms with van der Waals surface area (Å²) in [5.74, 6) is -3.82. The molecule has 1 aromatic rings. The van der Waals surface area contributed by atoms with Crippen LogP contribution in [0.5, 0.6) is 0 Å². The van der Waals surface area contributed by atoms with E-state index in [1.54, 1.807) is 0 Å². The minimum atomic E-state index is -1.28. The molecule has 1 saturated carbocycles. The van der Waals surface area contributed by atoms with Gasteiger partial charge >= 0.3 is 5.97 Å². The van der Waals surface area contributed by atoms with E-state index in [-0.39, 0.29) is 17.5 Å². The summed E-state index contributed by atoms with van der Waals surface area (Å²) in [4.78, 5) is 24.2. The Kier molecular flexibility index (Phi) is 3.50. The number of carboxylic acids is 1. The van der Waals surface area contributed by atoms with Gasteiger partial charge in [-0.3, -0.25) is 4.79 Å². The molecule has 1 aliphatic rings. The van der Waals surface area contributed by atoms with Gasteiger partial charge in [0, 0.05) is 13.0 Å². The second kappa shape index (κ2) is 4.95. The van der Waals surface area contributed by atoms with E-state index in [2.05, 4.69) is 0 Å². The Hall–Kier alpha value is -1.98. The molecule has 1 fully saturated rings. The van der Waals surface area contributed by atoms with Crippen molar-refractivity contribution in [3.05, 3.63) is 35.4 Å². The largest absolute Gasteiger partial charge is 0.479 e. The van der Waals surface area contributed by atoms with E-state index in [1.807, 2.05) is 0 Å². The number of rotatable bonds is 4. The Morgan fingerprint density at radius 2 is 1.95 bits per heavy atom. The highest BCUT2D eigenvalue weighted by Gasteiger charge is 2.40. The van der Waals surface area contributed by atoms with Crippen LogP contribution in [0.2, 0.25) is 0 Å². The molecule has 0 bridgehead atoms. The molecule has 1 amide bonds. The number of carboxylic acid groups (broad SMARTS) is 1. The van der Waals surface area contributed by atoms with Gasteiger partial charge in [0.15, 0.2) is 17.7 Å². The number of benzene rings is 1. The highest BCUT2D eigenvalue weighted by molar-refractivity contribution is 5.84. The van der Waals surface area contributed by atoms with Gasteiger partial charge in [-0.1, -0.05) is 6.07 Å². The van der Waals surface area contributed by atoms with E-state index in [4.69, 9.17) is 0 Å². The molecule has 0 saturated heterocycles. The van der Waals surface area contributed by atoms with E-state index < -0.39 is 23.6 Å². The molecular weight excluding hydrogens is 256 g/mol. The van der Waals surface area contributed by atoms with Gasteiger partial charge in [0.1, 0.15) is 0 Å². The maximum Gasteiger partial charge on any atom is 0.331 e. The van der Waals surface area contributed by atoms with Crippen LogP contribution in [0.4, 0.5) is 8.78 Å². The molecule has 1 atom stereocenters. The zero-order valence-corrected chi connectivity index (χ0v) is 10.3.